The van der Waals surface area contributed by atoms with Crippen LogP contribution >= 0.6 is 23.2 Å². The van der Waals surface area contributed by atoms with Crippen molar-refractivity contribution in [3.8, 4) is 0 Å². The predicted molar refractivity (Wildman–Crippen MR) is 100 cm³/mol. The monoisotopic (exact) mass is 408 g/mol. The second-order valence-electron chi connectivity index (χ2n) is 5.52. The first-order valence-corrected chi connectivity index (χ1v) is 8.64. The number of aryl methyl sites for hydroxylation is 1. The number of amides is 1. The van der Waals surface area contributed by atoms with E-state index >= 15 is 0 Å². The van der Waals surface area contributed by atoms with Gasteiger partial charge in [0.25, 0.3) is 5.91 Å². The molecule has 1 aromatic carbocycles. The van der Waals surface area contributed by atoms with Crippen LogP contribution in [0, 0.1) is 10.1 Å². The van der Waals surface area contributed by atoms with Crippen molar-refractivity contribution in [2.24, 2.45) is 0 Å². The van der Waals surface area contributed by atoms with Crippen LogP contribution in [-0.4, -0.2) is 30.4 Å². The number of nitrogens with one attached hydrogen (secondary N) is 1. The van der Waals surface area contributed by atoms with Crippen molar-refractivity contribution in [3.63, 3.8) is 0 Å². The largest absolute Gasteiger partial charge is 0.320 e. The maximum atomic E-state index is 12.5. The quantitative estimate of drug-likeness (QED) is 0.494. The molecule has 0 spiro atoms. The van der Waals surface area contributed by atoms with Gasteiger partial charge in [-0.1, -0.05) is 41.4 Å². The maximum absolute atomic E-state index is 12.5. The minimum absolute atomic E-state index is 0.0897. The molecule has 0 saturated heterocycles. The third-order valence-corrected chi connectivity index (χ3v) is 4.42. The van der Waals surface area contributed by atoms with Crippen LogP contribution in [0.25, 0.3) is 0 Å². The molecule has 140 valence electrons. The van der Waals surface area contributed by atoms with Crippen LogP contribution in [0.5, 0.6) is 0 Å². The highest BCUT2D eigenvalue weighted by molar-refractivity contribution is 6.33. The molecule has 0 unspecified atom stereocenters. The fourth-order valence-electron chi connectivity index (χ4n) is 2.51. The summed E-state index contributed by atoms with van der Waals surface area (Å²) in [4.78, 5) is 23.0. The molecule has 9 nitrogen and oxygen atoms in total. The topological polar surface area (TPSA) is 108 Å². The number of carbonyl (C=O) groups is 1. The lowest BCUT2D eigenvalue weighted by atomic mass is 10.2. The number of carbonyl (C=O) groups excluding carboxylic acids is 1. The van der Waals surface area contributed by atoms with E-state index in [9.17, 15) is 14.9 Å². The first kappa shape index (κ1) is 18.9. The Bertz CT molecular complexity index is 1010. The van der Waals surface area contributed by atoms with Gasteiger partial charge in [-0.2, -0.15) is 10.2 Å². The Morgan fingerprint density at radius 1 is 1.30 bits per heavy atom. The summed E-state index contributed by atoms with van der Waals surface area (Å²) >= 11 is 12.3. The Labute approximate surface area is 163 Å². The number of nitro groups is 1. The lowest BCUT2D eigenvalue weighted by Crippen LogP contribution is -2.19. The molecule has 0 aliphatic rings. The summed E-state index contributed by atoms with van der Waals surface area (Å²) in [5.74, 6) is -0.627. The van der Waals surface area contributed by atoms with Crippen LogP contribution in [0.4, 0.5) is 11.5 Å². The highest BCUT2D eigenvalue weighted by atomic mass is 35.5. The van der Waals surface area contributed by atoms with Crippen LogP contribution in [0.1, 0.15) is 23.0 Å². The second-order valence-corrected chi connectivity index (χ2v) is 6.33. The van der Waals surface area contributed by atoms with E-state index in [0.29, 0.717) is 18.1 Å². The van der Waals surface area contributed by atoms with Crippen LogP contribution in [0.15, 0.2) is 36.7 Å². The normalized spacial score (nSPS) is 10.8. The van der Waals surface area contributed by atoms with Gasteiger partial charge in [0, 0.05) is 17.8 Å². The van der Waals surface area contributed by atoms with Gasteiger partial charge in [0.15, 0.2) is 5.82 Å². The first-order valence-electron chi connectivity index (χ1n) is 7.88. The molecule has 2 heterocycles. The Morgan fingerprint density at radius 3 is 2.70 bits per heavy atom. The van der Waals surface area contributed by atoms with Gasteiger partial charge in [0.05, 0.1) is 11.5 Å². The molecule has 0 atom stereocenters. The van der Waals surface area contributed by atoms with Gasteiger partial charge in [-0.05, 0) is 18.6 Å². The third-order valence-electron chi connectivity index (χ3n) is 3.77. The van der Waals surface area contributed by atoms with Gasteiger partial charge in [-0.15, -0.1) is 0 Å². The molecular formula is C16H14Cl2N6O3. The number of halogens is 2. The zero-order chi connectivity index (χ0) is 19.6. The molecule has 0 bridgehead atoms. The molecule has 1 N–H and O–H groups in total. The molecule has 1 amide bonds. The molecule has 2 aromatic heterocycles. The van der Waals surface area contributed by atoms with Crippen molar-refractivity contribution < 1.29 is 9.72 Å². The number of benzene rings is 1. The van der Waals surface area contributed by atoms with Gasteiger partial charge in [0.2, 0.25) is 5.69 Å². The fraction of sp³-hybridized carbons (Fsp3) is 0.188. The first-order chi connectivity index (χ1) is 12.9. The van der Waals surface area contributed by atoms with Gasteiger partial charge in [-0.3, -0.25) is 24.3 Å². The standard InChI is InChI=1S/C16H14Cl2N6O3/c1-2-23-14(13(7-19-23)24(26)27)16(25)20-15-12(18)9-22(21-15)8-10-5-3-4-6-11(10)17/h3-7,9H,2,8H2,1H3,(H,20,21,25). The molecule has 0 saturated carbocycles. The number of nitrogens with zero attached hydrogens (tertiary/aromatic N) is 5. The average Bonchev–Trinajstić information content (AvgIpc) is 3.20. The summed E-state index contributed by atoms with van der Waals surface area (Å²) in [6, 6.07) is 7.27. The van der Waals surface area contributed by atoms with E-state index in [2.05, 4.69) is 15.5 Å². The Hall–Kier alpha value is -2.91. The van der Waals surface area contributed by atoms with E-state index in [1.54, 1.807) is 13.0 Å². The van der Waals surface area contributed by atoms with Crippen molar-refractivity contribution in [1.82, 2.24) is 19.6 Å². The minimum Gasteiger partial charge on any atom is -0.302 e. The van der Waals surface area contributed by atoms with E-state index < -0.39 is 10.8 Å². The smallest absolute Gasteiger partial charge is 0.302 e. The van der Waals surface area contributed by atoms with Crippen LogP contribution in [-0.2, 0) is 13.1 Å². The van der Waals surface area contributed by atoms with Crippen molar-refractivity contribution in [1.29, 1.82) is 0 Å². The fourth-order valence-corrected chi connectivity index (χ4v) is 2.91. The molecule has 0 aliphatic carbocycles. The highest BCUT2D eigenvalue weighted by Gasteiger charge is 2.27. The predicted octanol–water partition coefficient (Wildman–Crippen LogP) is 3.62. The summed E-state index contributed by atoms with van der Waals surface area (Å²) in [7, 11) is 0. The lowest BCUT2D eigenvalue weighted by molar-refractivity contribution is -0.385. The van der Waals surface area contributed by atoms with Crippen LogP contribution < -0.4 is 5.32 Å². The molecule has 0 aliphatic heterocycles. The Morgan fingerprint density at radius 2 is 2.04 bits per heavy atom. The number of aromatic nitrogens is 4. The minimum atomic E-state index is -0.717. The maximum Gasteiger partial charge on any atom is 0.320 e. The van der Waals surface area contributed by atoms with E-state index in [1.165, 1.54) is 15.6 Å². The summed E-state index contributed by atoms with van der Waals surface area (Å²) in [6.07, 6.45) is 2.57. The summed E-state index contributed by atoms with van der Waals surface area (Å²) in [5, 5.41) is 22.5. The number of hydrogen-bond donors (Lipinski definition) is 1. The van der Waals surface area contributed by atoms with Gasteiger partial charge in [0.1, 0.15) is 11.2 Å². The average molecular weight is 409 g/mol. The van der Waals surface area contributed by atoms with Crippen LogP contribution in [0.2, 0.25) is 10.0 Å². The molecule has 0 radical (unpaired) electrons. The molecule has 3 aromatic rings. The van der Waals surface area contributed by atoms with Crippen molar-refractivity contribution >= 4 is 40.6 Å². The Balaban J connectivity index is 1.84. The van der Waals surface area contributed by atoms with E-state index in [4.69, 9.17) is 23.2 Å². The highest BCUT2D eigenvalue weighted by Crippen LogP contribution is 2.24. The number of rotatable bonds is 6. The van der Waals surface area contributed by atoms with E-state index in [-0.39, 0.29) is 22.2 Å². The van der Waals surface area contributed by atoms with Crippen molar-refractivity contribution in [2.75, 3.05) is 5.32 Å². The zero-order valence-corrected chi connectivity index (χ0v) is 15.6. The van der Waals surface area contributed by atoms with E-state index in [1.807, 2.05) is 18.2 Å². The summed E-state index contributed by atoms with van der Waals surface area (Å²) in [6.45, 7) is 2.37. The number of anilines is 1. The molecule has 0 fully saturated rings. The second kappa shape index (κ2) is 7.77. The van der Waals surface area contributed by atoms with Gasteiger partial charge in [-0.25, -0.2) is 0 Å². The lowest BCUT2D eigenvalue weighted by Gasteiger charge is -2.05. The number of hydrogen-bond acceptors (Lipinski definition) is 5. The molecule has 27 heavy (non-hydrogen) atoms. The van der Waals surface area contributed by atoms with Crippen molar-refractivity contribution in [2.45, 2.75) is 20.0 Å². The Kier molecular flexibility index (Phi) is 5.43. The van der Waals surface area contributed by atoms with Crippen molar-refractivity contribution in [3.05, 3.63) is 68.1 Å². The van der Waals surface area contributed by atoms with Gasteiger partial charge < -0.3 is 5.32 Å². The summed E-state index contributed by atoms with van der Waals surface area (Å²) < 4.78 is 2.76. The van der Waals surface area contributed by atoms with E-state index in [0.717, 1.165) is 11.8 Å². The third kappa shape index (κ3) is 3.93. The van der Waals surface area contributed by atoms with Crippen LogP contribution in [0.3, 0.4) is 0 Å². The summed E-state index contributed by atoms with van der Waals surface area (Å²) in [5.41, 5.74) is 0.274. The zero-order valence-electron chi connectivity index (χ0n) is 14.1. The SMILES string of the molecule is CCn1ncc([N+](=O)[O-])c1C(=O)Nc1nn(Cc2ccccc2Cl)cc1Cl. The van der Waals surface area contributed by atoms with Gasteiger partial charge >= 0.3 is 5.69 Å². The molecule has 11 heteroatoms. The molecule has 3 rings (SSSR count). The molecular weight excluding hydrogens is 395 g/mol.